The molecule has 0 unspecified atom stereocenters. The van der Waals surface area contributed by atoms with Crippen molar-refractivity contribution in [3.63, 3.8) is 0 Å². The Kier molecular flexibility index (Phi) is 4.37. The van der Waals surface area contributed by atoms with Gasteiger partial charge in [0.1, 0.15) is 5.52 Å². The minimum absolute atomic E-state index is 0.127. The number of aromatic nitrogens is 1. The monoisotopic (exact) mass is 326 g/mol. The van der Waals surface area contributed by atoms with E-state index < -0.39 is 0 Å². The van der Waals surface area contributed by atoms with Gasteiger partial charge in [-0.05, 0) is 29.8 Å². The Balaban J connectivity index is 1.72. The summed E-state index contributed by atoms with van der Waals surface area (Å²) in [6.07, 6.45) is 0.230. The second kappa shape index (κ2) is 6.62. The van der Waals surface area contributed by atoms with Crippen molar-refractivity contribution in [3.05, 3.63) is 47.9 Å². The van der Waals surface area contributed by atoms with E-state index in [9.17, 15) is 4.79 Å². The van der Waals surface area contributed by atoms with Gasteiger partial charge >= 0.3 is 0 Å². The fourth-order valence-corrected chi connectivity index (χ4v) is 2.50. The van der Waals surface area contributed by atoms with E-state index in [1.54, 1.807) is 45.4 Å². The standard InChI is InChI=1S/C18H18N2O4/c1-11-19-14-6-5-13(10-16(14)24-11)20-18(21)9-12-4-7-15(22-2)17(8-12)23-3/h4-8,10H,9H2,1-3H3,(H,20,21). The van der Waals surface area contributed by atoms with Crippen molar-refractivity contribution in [2.75, 3.05) is 19.5 Å². The third-order valence-electron chi connectivity index (χ3n) is 3.59. The number of amides is 1. The summed E-state index contributed by atoms with van der Waals surface area (Å²) >= 11 is 0. The van der Waals surface area contributed by atoms with Crippen LogP contribution in [0.15, 0.2) is 40.8 Å². The van der Waals surface area contributed by atoms with Gasteiger partial charge in [0.05, 0.1) is 20.6 Å². The van der Waals surface area contributed by atoms with Crippen LogP contribution in [0.5, 0.6) is 11.5 Å². The predicted molar refractivity (Wildman–Crippen MR) is 90.6 cm³/mol. The Hall–Kier alpha value is -3.02. The molecule has 1 amide bonds. The summed E-state index contributed by atoms with van der Waals surface area (Å²) in [5, 5.41) is 2.86. The molecule has 1 aromatic heterocycles. The lowest BCUT2D eigenvalue weighted by atomic mass is 10.1. The number of carbonyl (C=O) groups excluding carboxylic acids is 1. The van der Waals surface area contributed by atoms with E-state index in [0.717, 1.165) is 11.1 Å². The molecular weight excluding hydrogens is 308 g/mol. The fraction of sp³-hybridized carbons (Fsp3) is 0.222. The van der Waals surface area contributed by atoms with Crippen molar-refractivity contribution >= 4 is 22.7 Å². The van der Waals surface area contributed by atoms with Gasteiger partial charge in [-0.15, -0.1) is 0 Å². The number of nitrogens with zero attached hydrogens (tertiary/aromatic N) is 1. The number of oxazole rings is 1. The van der Waals surface area contributed by atoms with Gasteiger partial charge in [-0.3, -0.25) is 4.79 Å². The van der Waals surface area contributed by atoms with Gasteiger partial charge in [0.15, 0.2) is 23.0 Å². The summed E-state index contributed by atoms with van der Waals surface area (Å²) < 4.78 is 15.9. The first-order chi connectivity index (χ1) is 11.6. The third-order valence-corrected chi connectivity index (χ3v) is 3.59. The van der Waals surface area contributed by atoms with E-state index in [0.29, 0.717) is 28.7 Å². The molecule has 0 atom stereocenters. The second-order valence-electron chi connectivity index (χ2n) is 5.33. The van der Waals surface area contributed by atoms with E-state index in [4.69, 9.17) is 13.9 Å². The summed E-state index contributed by atoms with van der Waals surface area (Å²) in [6.45, 7) is 1.79. The van der Waals surface area contributed by atoms with Crippen LogP contribution in [0.1, 0.15) is 11.5 Å². The van der Waals surface area contributed by atoms with E-state index >= 15 is 0 Å². The van der Waals surface area contributed by atoms with Crippen LogP contribution in [0.2, 0.25) is 0 Å². The molecule has 124 valence electrons. The number of aryl methyl sites for hydroxylation is 1. The van der Waals surface area contributed by atoms with Crippen molar-refractivity contribution in [1.82, 2.24) is 4.98 Å². The van der Waals surface area contributed by atoms with Crippen molar-refractivity contribution in [2.45, 2.75) is 13.3 Å². The number of benzene rings is 2. The van der Waals surface area contributed by atoms with Crippen LogP contribution < -0.4 is 14.8 Å². The minimum Gasteiger partial charge on any atom is -0.493 e. The molecule has 0 aliphatic rings. The van der Waals surface area contributed by atoms with Crippen molar-refractivity contribution < 1.29 is 18.7 Å². The number of hydrogen-bond acceptors (Lipinski definition) is 5. The van der Waals surface area contributed by atoms with Crippen molar-refractivity contribution in [1.29, 1.82) is 0 Å². The number of rotatable bonds is 5. The zero-order chi connectivity index (χ0) is 17.1. The van der Waals surface area contributed by atoms with Gasteiger partial charge in [0.2, 0.25) is 5.91 Å². The lowest BCUT2D eigenvalue weighted by Gasteiger charge is -2.10. The number of carbonyl (C=O) groups is 1. The minimum atomic E-state index is -0.127. The molecule has 3 rings (SSSR count). The topological polar surface area (TPSA) is 73.6 Å². The highest BCUT2D eigenvalue weighted by Crippen LogP contribution is 2.28. The molecule has 0 fully saturated rings. The molecule has 0 bridgehead atoms. The number of fused-ring (bicyclic) bond motifs is 1. The Bertz CT molecular complexity index is 886. The van der Waals surface area contributed by atoms with E-state index in [-0.39, 0.29) is 12.3 Å². The molecule has 6 nitrogen and oxygen atoms in total. The zero-order valence-corrected chi connectivity index (χ0v) is 13.8. The van der Waals surface area contributed by atoms with Gasteiger partial charge in [-0.25, -0.2) is 4.98 Å². The normalized spacial score (nSPS) is 10.6. The Morgan fingerprint density at radius 1 is 1.12 bits per heavy atom. The SMILES string of the molecule is COc1ccc(CC(=O)Nc2ccc3nc(C)oc3c2)cc1OC. The van der Waals surface area contributed by atoms with Gasteiger partial charge in [0, 0.05) is 18.7 Å². The number of methoxy groups -OCH3 is 2. The molecule has 0 aliphatic carbocycles. The Labute approximate surface area is 139 Å². The van der Waals surface area contributed by atoms with Gasteiger partial charge < -0.3 is 19.2 Å². The van der Waals surface area contributed by atoms with Gasteiger partial charge in [-0.1, -0.05) is 6.07 Å². The number of anilines is 1. The molecule has 1 heterocycles. The summed E-state index contributed by atoms with van der Waals surface area (Å²) in [7, 11) is 3.14. The van der Waals surface area contributed by atoms with E-state index in [1.165, 1.54) is 0 Å². The van der Waals surface area contributed by atoms with Crippen molar-refractivity contribution in [2.24, 2.45) is 0 Å². The molecule has 1 N–H and O–H groups in total. The predicted octanol–water partition coefficient (Wildman–Crippen LogP) is 3.33. The molecule has 0 saturated heterocycles. The average molecular weight is 326 g/mol. The Morgan fingerprint density at radius 2 is 1.92 bits per heavy atom. The number of nitrogens with one attached hydrogen (secondary N) is 1. The highest BCUT2D eigenvalue weighted by Gasteiger charge is 2.10. The molecule has 0 aliphatic heterocycles. The second-order valence-corrected chi connectivity index (χ2v) is 5.33. The third kappa shape index (κ3) is 3.32. The first kappa shape index (κ1) is 15.9. The van der Waals surface area contributed by atoms with Crippen LogP contribution in [0.3, 0.4) is 0 Å². The average Bonchev–Trinajstić information content (AvgIpc) is 2.93. The molecular formula is C18H18N2O4. The van der Waals surface area contributed by atoms with Crippen molar-refractivity contribution in [3.8, 4) is 11.5 Å². The van der Waals surface area contributed by atoms with Crippen LogP contribution in [0, 0.1) is 6.92 Å². The van der Waals surface area contributed by atoms with Crippen LogP contribution in [0.25, 0.3) is 11.1 Å². The smallest absolute Gasteiger partial charge is 0.228 e. The fourth-order valence-electron chi connectivity index (χ4n) is 2.50. The van der Waals surface area contributed by atoms with Gasteiger partial charge in [0.25, 0.3) is 0 Å². The maximum absolute atomic E-state index is 12.2. The summed E-state index contributed by atoms with van der Waals surface area (Å²) in [4.78, 5) is 16.5. The van der Waals surface area contributed by atoms with Crippen LogP contribution in [-0.2, 0) is 11.2 Å². The molecule has 2 aromatic carbocycles. The quantitative estimate of drug-likeness (QED) is 0.778. The summed E-state index contributed by atoms with van der Waals surface area (Å²) in [6, 6.07) is 10.8. The lowest BCUT2D eigenvalue weighted by Crippen LogP contribution is -2.14. The molecule has 3 aromatic rings. The molecule has 0 spiro atoms. The maximum atomic E-state index is 12.2. The lowest BCUT2D eigenvalue weighted by molar-refractivity contribution is -0.115. The van der Waals surface area contributed by atoms with Crippen LogP contribution in [-0.4, -0.2) is 25.1 Å². The molecule has 0 saturated carbocycles. The number of ether oxygens (including phenoxy) is 2. The molecule has 0 radical (unpaired) electrons. The first-order valence-corrected chi connectivity index (χ1v) is 7.47. The van der Waals surface area contributed by atoms with Gasteiger partial charge in [-0.2, -0.15) is 0 Å². The summed E-state index contributed by atoms with van der Waals surface area (Å²) in [5.41, 5.74) is 2.92. The highest BCUT2D eigenvalue weighted by molar-refractivity contribution is 5.94. The molecule has 24 heavy (non-hydrogen) atoms. The highest BCUT2D eigenvalue weighted by atomic mass is 16.5. The van der Waals surface area contributed by atoms with E-state index in [1.807, 2.05) is 12.1 Å². The maximum Gasteiger partial charge on any atom is 0.228 e. The van der Waals surface area contributed by atoms with Crippen LogP contribution in [0.4, 0.5) is 5.69 Å². The van der Waals surface area contributed by atoms with E-state index in [2.05, 4.69) is 10.3 Å². The zero-order valence-electron chi connectivity index (χ0n) is 13.8. The summed E-state index contributed by atoms with van der Waals surface area (Å²) in [5.74, 6) is 1.70. The molecule has 6 heteroatoms. The first-order valence-electron chi connectivity index (χ1n) is 7.47. The largest absolute Gasteiger partial charge is 0.493 e. The van der Waals surface area contributed by atoms with Crippen LogP contribution >= 0.6 is 0 Å². The Morgan fingerprint density at radius 3 is 2.67 bits per heavy atom. The number of hydrogen-bond donors (Lipinski definition) is 1.